The maximum Gasteiger partial charge on any atom is 0.253 e. The number of hydrogen-bond acceptors (Lipinski definition) is 3. The Kier molecular flexibility index (Phi) is 5.25. The fraction of sp³-hybridized carbons (Fsp3) is 0.667. The quantitative estimate of drug-likeness (QED) is 0.836. The van der Waals surface area contributed by atoms with Gasteiger partial charge in [0.25, 0.3) is 5.91 Å². The molecule has 136 valence electrons. The van der Waals surface area contributed by atoms with E-state index in [0.717, 1.165) is 43.7 Å². The number of benzene rings is 1. The van der Waals surface area contributed by atoms with Crippen LogP contribution in [0.5, 0.6) is 5.75 Å². The van der Waals surface area contributed by atoms with Crippen LogP contribution in [-0.4, -0.2) is 54.0 Å². The van der Waals surface area contributed by atoms with Crippen molar-refractivity contribution in [2.45, 2.75) is 63.5 Å². The number of hydrogen-bond donors (Lipinski definition) is 0. The molecule has 3 aliphatic rings. The number of piperidine rings is 1. The van der Waals surface area contributed by atoms with Crippen molar-refractivity contribution in [1.82, 2.24) is 9.80 Å². The predicted molar refractivity (Wildman–Crippen MR) is 99.1 cm³/mol. The standard InChI is InChI=1S/C21H30N2O2/c24-21(23-15-5-6-18(16-23)22-13-3-4-14-22)17-9-11-20(12-10-17)25-19-7-1-2-8-19/h9-12,18-19H,1-8,13-16H2. The van der Waals surface area contributed by atoms with Crippen LogP contribution in [0.25, 0.3) is 0 Å². The van der Waals surface area contributed by atoms with Crippen molar-refractivity contribution in [1.29, 1.82) is 0 Å². The Bertz CT molecular complexity index is 574. The Morgan fingerprint density at radius 2 is 1.60 bits per heavy atom. The number of amides is 1. The minimum atomic E-state index is 0.177. The van der Waals surface area contributed by atoms with Gasteiger partial charge in [0.2, 0.25) is 0 Å². The van der Waals surface area contributed by atoms with Gasteiger partial charge in [-0.15, -0.1) is 0 Å². The summed E-state index contributed by atoms with van der Waals surface area (Å²) in [6.45, 7) is 4.20. The van der Waals surface area contributed by atoms with Crippen LogP contribution in [0.4, 0.5) is 0 Å². The van der Waals surface area contributed by atoms with E-state index >= 15 is 0 Å². The molecule has 3 fully saturated rings. The molecule has 1 aromatic carbocycles. The summed E-state index contributed by atoms with van der Waals surface area (Å²) in [5, 5.41) is 0. The fourth-order valence-electron chi connectivity index (χ4n) is 4.60. The average Bonchev–Trinajstić information content (AvgIpc) is 3.36. The van der Waals surface area contributed by atoms with E-state index in [9.17, 15) is 4.79 Å². The third kappa shape index (κ3) is 4.00. The van der Waals surface area contributed by atoms with Gasteiger partial charge in [0, 0.05) is 24.7 Å². The Balaban J connectivity index is 1.36. The molecule has 4 rings (SSSR count). The number of likely N-dealkylation sites (tertiary alicyclic amines) is 2. The summed E-state index contributed by atoms with van der Waals surface area (Å²) in [6.07, 6.45) is 10.2. The second-order valence-corrected chi connectivity index (χ2v) is 7.84. The van der Waals surface area contributed by atoms with Crippen molar-refractivity contribution < 1.29 is 9.53 Å². The summed E-state index contributed by atoms with van der Waals surface area (Å²) in [4.78, 5) is 17.5. The zero-order valence-electron chi connectivity index (χ0n) is 15.2. The highest BCUT2D eigenvalue weighted by atomic mass is 16.5. The Morgan fingerprint density at radius 3 is 2.32 bits per heavy atom. The predicted octanol–water partition coefficient (Wildman–Crippen LogP) is 3.71. The molecule has 2 heterocycles. The Labute approximate surface area is 151 Å². The lowest BCUT2D eigenvalue weighted by molar-refractivity contribution is 0.0608. The van der Waals surface area contributed by atoms with E-state index in [1.54, 1.807) is 0 Å². The molecule has 0 aromatic heterocycles. The fourth-order valence-corrected chi connectivity index (χ4v) is 4.60. The van der Waals surface area contributed by atoms with Crippen molar-refractivity contribution >= 4 is 5.91 Å². The van der Waals surface area contributed by atoms with E-state index in [4.69, 9.17) is 4.74 Å². The molecule has 4 nitrogen and oxygen atoms in total. The first-order chi connectivity index (χ1) is 12.3. The molecule has 0 radical (unpaired) electrons. The van der Waals surface area contributed by atoms with Gasteiger partial charge < -0.3 is 9.64 Å². The van der Waals surface area contributed by atoms with Crippen molar-refractivity contribution in [2.24, 2.45) is 0 Å². The largest absolute Gasteiger partial charge is 0.490 e. The van der Waals surface area contributed by atoms with Crippen LogP contribution in [0.2, 0.25) is 0 Å². The van der Waals surface area contributed by atoms with Crippen LogP contribution in [0.15, 0.2) is 24.3 Å². The van der Waals surface area contributed by atoms with E-state index in [1.807, 2.05) is 24.3 Å². The van der Waals surface area contributed by atoms with E-state index in [1.165, 1.54) is 45.2 Å². The van der Waals surface area contributed by atoms with Crippen molar-refractivity contribution in [2.75, 3.05) is 26.2 Å². The zero-order valence-corrected chi connectivity index (χ0v) is 15.2. The smallest absolute Gasteiger partial charge is 0.253 e. The maximum absolute atomic E-state index is 12.9. The van der Waals surface area contributed by atoms with Gasteiger partial charge in [-0.25, -0.2) is 0 Å². The molecule has 25 heavy (non-hydrogen) atoms. The van der Waals surface area contributed by atoms with Crippen molar-refractivity contribution in [3.63, 3.8) is 0 Å². The maximum atomic E-state index is 12.9. The molecular formula is C21H30N2O2. The first-order valence-electron chi connectivity index (χ1n) is 10.1. The lowest BCUT2D eigenvalue weighted by Crippen LogP contribution is -2.48. The molecule has 4 heteroatoms. The third-order valence-corrected chi connectivity index (χ3v) is 6.05. The molecule has 2 aliphatic heterocycles. The number of carbonyl (C=O) groups is 1. The van der Waals surface area contributed by atoms with E-state index in [0.29, 0.717) is 12.1 Å². The summed E-state index contributed by atoms with van der Waals surface area (Å²) in [5.74, 6) is 1.08. The number of rotatable bonds is 4. The highest BCUT2D eigenvalue weighted by molar-refractivity contribution is 5.94. The molecule has 1 saturated carbocycles. The molecule has 0 spiro atoms. The number of carbonyl (C=O) groups excluding carboxylic acids is 1. The SMILES string of the molecule is O=C(c1ccc(OC2CCCC2)cc1)N1CCCC(N2CCCC2)C1. The van der Waals surface area contributed by atoms with Crippen molar-refractivity contribution in [3.05, 3.63) is 29.8 Å². The highest BCUT2D eigenvalue weighted by Gasteiger charge is 2.29. The van der Waals surface area contributed by atoms with E-state index < -0.39 is 0 Å². The molecule has 1 unspecified atom stereocenters. The Hall–Kier alpha value is -1.55. The van der Waals surface area contributed by atoms with Crippen LogP contribution < -0.4 is 4.74 Å². The summed E-state index contributed by atoms with van der Waals surface area (Å²) in [5.41, 5.74) is 0.792. The van der Waals surface area contributed by atoms with Crippen LogP contribution in [0, 0.1) is 0 Å². The molecule has 0 N–H and O–H groups in total. The third-order valence-electron chi connectivity index (χ3n) is 6.05. The lowest BCUT2D eigenvalue weighted by atomic mass is 10.0. The summed E-state index contributed by atoms with van der Waals surface area (Å²) in [6, 6.07) is 8.36. The lowest BCUT2D eigenvalue weighted by Gasteiger charge is -2.37. The normalized spacial score (nSPS) is 25.4. The first-order valence-corrected chi connectivity index (χ1v) is 10.1. The monoisotopic (exact) mass is 342 g/mol. The molecule has 1 aliphatic carbocycles. The summed E-state index contributed by atoms with van der Waals surface area (Å²) in [7, 11) is 0. The van der Waals surface area contributed by atoms with Crippen LogP contribution in [0.3, 0.4) is 0 Å². The summed E-state index contributed by atoms with van der Waals surface area (Å²) >= 11 is 0. The first kappa shape index (κ1) is 16.9. The van der Waals surface area contributed by atoms with Gasteiger partial charge >= 0.3 is 0 Å². The minimum Gasteiger partial charge on any atom is -0.490 e. The van der Waals surface area contributed by atoms with Crippen LogP contribution >= 0.6 is 0 Å². The molecule has 2 saturated heterocycles. The minimum absolute atomic E-state index is 0.177. The van der Waals surface area contributed by atoms with E-state index in [-0.39, 0.29) is 5.91 Å². The van der Waals surface area contributed by atoms with Gasteiger partial charge in [0.1, 0.15) is 5.75 Å². The average molecular weight is 342 g/mol. The van der Waals surface area contributed by atoms with Crippen LogP contribution in [0.1, 0.15) is 61.7 Å². The summed E-state index contributed by atoms with van der Waals surface area (Å²) < 4.78 is 6.01. The van der Waals surface area contributed by atoms with Gasteiger partial charge in [-0.1, -0.05) is 0 Å². The highest BCUT2D eigenvalue weighted by Crippen LogP contribution is 2.25. The van der Waals surface area contributed by atoms with Crippen LogP contribution in [-0.2, 0) is 0 Å². The molecular weight excluding hydrogens is 312 g/mol. The second-order valence-electron chi connectivity index (χ2n) is 7.84. The van der Waals surface area contributed by atoms with Gasteiger partial charge in [-0.3, -0.25) is 9.69 Å². The molecule has 1 aromatic rings. The topological polar surface area (TPSA) is 32.8 Å². The number of nitrogens with zero attached hydrogens (tertiary/aromatic N) is 2. The van der Waals surface area contributed by atoms with Gasteiger partial charge in [0.15, 0.2) is 0 Å². The Morgan fingerprint density at radius 1 is 0.880 bits per heavy atom. The van der Waals surface area contributed by atoms with Gasteiger partial charge in [-0.2, -0.15) is 0 Å². The molecule has 0 bridgehead atoms. The zero-order chi connectivity index (χ0) is 17.1. The molecule has 1 atom stereocenters. The van der Waals surface area contributed by atoms with Crippen molar-refractivity contribution in [3.8, 4) is 5.75 Å². The molecule has 1 amide bonds. The van der Waals surface area contributed by atoms with Gasteiger partial charge in [-0.05, 0) is 88.7 Å². The number of ether oxygens (including phenoxy) is 1. The van der Waals surface area contributed by atoms with E-state index in [2.05, 4.69) is 9.80 Å². The van der Waals surface area contributed by atoms with Gasteiger partial charge in [0.05, 0.1) is 6.10 Å². The second kappa shape index (κ2) is 7.77.